The van der Waals surface area contributed by atoms with Crippen molar-refractivity contribution in [2.45, 2.75) is 32.2 Å². The van der Waals surface area contributed by atoms with E-state index in [0.29, 0.717) is 24.5 Å². The van der Waals surface area contributed by atoms with Crippen LogP contribution in [0.25, 0.3) is 33.1 Å². The molecule has 0 amide bonds. The Morgan fingerprint density at radius 3 is 2.68 bits per heavy atom. The molecule has 1 spiro atoms. The van der Waals surface area contributed by atoms with Crippen molar-refractivity contribution in [3.05, 3.63) is 47.1 Å². The predicted molar refractivity (Wildman–Crippen MR) is 145 cm³/mol. The predicted octanol–water partition coefficient (Wildman–Crippen LogP) is 3.78. The number of piperidine rings is 1. The van der Waals surface area contributed by atoms with Crippen molar-refractivity contribution >= 4 is 21.9 Å². The summed E-state index contributed by atoms with van der Waals surface area (Å²) in [6, 6.07) is 7.86. The first-order chi connectivity index (χ1) is 18.5. The largest absolute Gasteiger partial charge is 0.490 e. The fourth-order valence-electron chi connectivity index (χ4n) is 6.16. The molecule has 0 N–H and O–H groups in total. The Bertz CT molecular complexity index is 1560. The summed E-state index contributed by atoms with van der Waals surface area (Å²) in [5.74, 6) is 1.37. The molecule has 38 heavy (non-hydrogen) atoms. The Kier molecular flexibility index (Phi) is 5.67. The normalized spacial score (nSPS) is 20.5. The summed E-state index contributed by atoms with van der Waals surface area (Å²) in [7, 11) is 1.79. The third kappa shape index (κ3) is 3.79. The third-order valence-corrected chi connectivity index (χ3v) is 8.60. The second kappa shape index (κ2) is 9.10. The maximum absolute atomic E-state index is 13.0. The standard InChI is InChI=1S/C29H33N5O4/c1-19-16-38-27-21(5-6-22-25(27)26-23(15-30-22)32(2)28(35)34(19)26)20-4-7-24(31-14-20)37-13-3-10-33-11-8-29(9-12-33)17-36-18-29/h4-7,14-15,19H,3,8-13,16-18H2,1-2H3/t19-/m0/s1. The fourth-order valence-corrected chi connectivity index (χ4v) is 6.16. The van der Waals surface area contributed by atoms with E-state index in [-0.39, 0.29) is 11.7 Å². The summed E-state index contributed by atoms with van der Waals surface area (Å²) in [6.45, 7) is 8.33. The van der Waals surface area contributed by atoms with Crippen LogP contribution in [0.5, 0.6) is 11.6 Å². The van der Waals surface area contributed by atoms with E-state index >= 15 is 0 Å². The molecule has 198 valence electrons. The molecule has 9 heteroatoms. The van der Waals surface area contributed by atoms with Crippen molar-refractivity contribution in [2.75, 3.05) is 46.1 Å². The number of rotatable bonds is 6. The zero-order chi connectivity index (χ0) is 25.9. The molecule has 3 aliphatic heterocycles. The van der Waals surface area contributed by atoms with Crippen LogP contribution in [0.1, 0.15) is 32.2 Å². The minimum Gasteiger partial charge on any atom is -0.490 e. The first kappa shape index (κ1) is 23.7. The van der Waals surface area contributed by atoms with E-state index in [1.807, 2.05) is 42.0 Å². The zero-order valence-electron chi connectivity index (χ0n) is 22.0. The van der Waals surface area contributed by atoms with E-state index in [0.717, 1.165) is 78.1 Å². The van der Waals surface area contributed by atoms with E-state index in [2.05, 4.69) is 14.9 Å². The maximum Gasteiger partial charge on any atom is 0.329 e. The molecule has 7 rings (SSSR count). The van der Waals surface area contributed by atoms with Gasteiger partial charge in [-0.05, 0) is 57.5 Å². The van der Waals surface area contributed by atoms with Crippen molar-refractivity contribution in [3.63, 3.8) is 0 Å². The molecule has 1 aromatic carbocycles. The number of pyridine rings is 2. The number of hydrogen-bond donors (Lipinski definition) is 0. The van der Waals surface area contributed by atoms with Crippen LogP contribution < -0.4 is 15.2 Å². The Morgan fingerprint density at radius 2 is 1.95 bits per heavy atom. The molecule has 6 heterocycles. The summed E-state index contributed by atoms with van der Waals surface area (Å²) >= 11 is 0. The van der Waals surface area contributed by atoms with Crippen molar-refractivity contribution < 1.29 is 14.2 Å². The zero-order valence-corrected chi connectivity index (χ0v) is 22.0. The average molecular weight is 516 g/mol. The lowest BCUT2D eigenvalue weighted by atomic mass is 9.77. The van der Waals surface area contributed by atoms with E-state index < -0.39 is 0 Å². The lowest BCUT2D eigenvalue weighted by Crippen LogP contribution is -2.51. The highest BCUT2D eigenvalue weighted by Crippen LogP contribution is 2.42. The number of aromatic nitrogens is 4. The highest BCUT2D eigenvalue weighted by atomic mass is 16.5. The van der Waals surface area contributed by atoms with Crippen LogP contribution >= 0.6 is 0 Å². The molecule has 0 saturated carbocycles. The van der Waals surface area contributed by atoms with Gasteiger partial charge in [-0.2, -0.15) is 0 Å². The monoisotopic (exact) mass is 515 g/mol. The minimum atomic E-state index is -0.0933. The van der Waals surface area contributed by atoms with Gasteiger partial charge in [0.05, 0.1) is 54.0 Å². The number of imidazole rings is 1. The molecule has 3 aromatic heterocycles. The number of aryl methyl sites for hydroxylation is 1. The van der Waals surface area contributed by atoms with Crippen molar-refractivity contribution in [1.29, 1.82) is 0 Å². The van der Waals surface area contributed by atoms with Gasteiger partial charge in [-0.25, -0.2) is 9.78 Å². The van der Waals surface area contributed by atoms with Crippen LogP contribution in [-0.2, 0) is 11.8 Å². The van der Waals surface area contributed by atoms with E-state index in [4.69, 9.17) is 14.2 Å². The van der Waals surface area contributed by atoms with Gasteiger partial charge < -0.3 is 19.1 Å². The van der Waals surface area contributed by atoms with Crippen molar-refractivity contribution in [3.8, 4) is 22.8 Å². The molecule has 0 radical (unpaired) electrons. The number of ether oxygens (including phenoxy) is 3. The molecule has 0 unspecified atom stereocenters. The highest BCUT2D eigenvalue weighted by Gasteiger charge is 2.40. The van der Waals surface area contributed by atoms with Gasteiger partial charge in [0.2, 0.25) is 5.88 Å². The van der Waals surface area contributed by atoms with E-state index in [1.165, 1.54) is 12.8 Å². The molecule has 2 fully saturated rings. The van der Waals surface area contributed by atoms with E-state index in [9.17, 15) is 4.79 Å². The van der Waals surface area contributed by atoms with Gasteiger partial charge >= 0.3 is 5.69 Å². The smallest absolute Gasteiger partial charge is 0.329 e. The first-order valence-electron chi connectivity index (χ1n) is 13.6. The van der Waals surface area contributed by atoms with Gasteiger partial charge in [0.1, 0.15) is 12.4 Å². The molecular formula is C29H33N5O4. The van der Waals surface area contributed by atoms with Gasteiger partial charge in [0.25, 0.3) is 0 Å². The second-order valence-electron chi connectivity index (χ2n) is 11.1. The fraction of sp³-hybridized carbons (Fsp3) is 0.483. The summed E-state index contributed by atoms with van der Waals surface area (Å²) in [5, 5.41) is 0.871. The quantitative estimate of drug-likeness (QED) is 0.361. The average Bonchev–Trinajstić information content (AvgIpc) is 3.08. The Labute approximate surface area is 220 Å². The van der Waals surface area contributed by atoms with Crippen LogP contribution in [0.4, 0.5) is 0 Å². The van der Waals surface area contributed by atoms with Gasteiger partial charge in [0, 0.05) is 42.4 Å². The second-order valence-corrected chi connectivity index (χ2v) is 11.1. The third-order valence-electron chi connectivity index (χ3n) is 8.60. The van der Waals surface area contributed by atoms with Crippen molar-refractivity contribution in [1.82, 2.24) is 24.0 Å². The first-order valence-corrected chi connectivity index (χ1v) is 13.6. The molecule has 0 bridgehead atoms. The van der Waals surface area contributed by atoms with Gasteiger partial charge in [-0.1, -0.05) is 0 Å². The number of hydrogen-bond acceptors (Lipinski definition) is 7. The lowest BCUT2D eigenvalue weighted by molar-refractivity contribution is -0.139. The Balaban J connectivity index is 1.08. The van der Waals surface area contributed by atoms with Crippen LogP contribution in [0.2, 0.25) is 0 Å². The summed E-state index contributed by atoms with van der Waals surface area (Å²) in [4.78, 5) is 24.7. The number of nitrogens with zero attached hydrogens (tertiary/aromatic N) is 5. The Hall–Kier alpha value is -3.43. The molecule has 1 atom stereocenters. The van der Waals surface area contributed by atoms with Crippen LogP contribution in [0, 0.1) is 5.41 Å². The molecule has 0 aliphatic carbocycles. The van der Waals surface area contributed by atoms with Crippen LogP contribution in [0.15, 0.2) is 41.5 Å². The maximum atomic E-state index is 13.0. The minimum absolute atomic E-state index is 0.0519. The van der Waals surface area contributed by atoms with Crippen molar-refractivity contribution in [2.24, 2.45) is 12.5 Å². The molecule has 4 aromatic rings. The highest BCUT2D eigenvalue weighted by molar-refractivity contribution is 6.09. The van der Waals surface area contributed by atoms with Gasteiger partial charge in [-0.3, -0.25) is 14.1 Å². The van der Waals surface area contributed by atoms with Crippen LogP contribution in [0.3, 0.4) is 0 Å². The topological polar surface area (TPSA) is 83.6 Å². The summed E-state index contributed by atoms with van der Waals surface area (Å²) < 4.78 is 21.2. The summed E-state index contributed by atoms with van der Waals surface area (Å²) in [6.07, 6.45) is 7.09. The SMILES string of the molecule is C[C@H]1COc2c(-c3ccc(OCCCN4CCC5(CC4)COC5)nc3)ccc3ncc4c(c23)n1c(=O)n4C. The van der Waals surface area contributed by atoms with Gasteiger partial charge in [0.15, 0.2) is 0 Å². The molecule has 9 nitrogen and oxygen atoms in total. The van der Waals surface area contributed by atoms with Crippen LogP contribution in [-0.4, -0.2) is 70.1 Å². The summed E-state index contributed by atoms with van der Waals surface area (Å²) in [5.41, 5.74) is 4.79. The number of benzene rings is 1. The van der Waals surface area contributed by atoms with E-state index in [1.54, 1.807) is 17.8 Å². The number of likely N-dealkylation sites (tertiary alicyclic amines) is 1. The van der Waals surface area contributed by atoms with Gasteiger partial charge in [-0.15, -0.1) is 0 Å². The molecule has 2 saturated heterocycles. The molecular weight excluding hydrogens is 482 g/mol. The lowest BCUT2D eigenvalue weighted by Gasteiger charge is -2.47. The Morgan fingerprint density at radius 1 is 1.11 bits per heavy atom. The molecule has 3 aliphatic rings.